The van der Waals surface area contributed by atoms with Crippen molar-refractivity contribution in [3.8, 4) is 5.75 Å². The van der Waals surface area contributed by atoms with Crippen molar-refractivity contribution in [3.05, 3.63) is 80.8 Å². The van der Waals surface area contributed by atoms with Crippen LogP contribution in [0, 0.1) is 18.6 Å². The van der Waals surface area contributed by atoms with Crippen LogP contribution in [0.15, 0.2) is 41.8 Å². The normalized spacial score (nSPS) is 10.7. The van der Waals surface area contributed by atoms with Gasteiger partial charge in [-0.25, -0.2) is 13.8 Å². The third-order valence-electron chi connectivity index (χ3n) is 3.72. The highest BCUT2D eigenvalue weighted by molar-refractivity contribution is 7.09. The Bertz CT molecular complexity index is 956. The molecule has 0 saturated heterocycles. The first-order valence-electron chi connectivity index (χ1n) is 7.74. The first-order valence-corrected chi connectivity index (χ1v) is 8.62. The summed E-state index contributed by atoms with van der Waals surface area (Å²) in [6, 6.07) is 8.84. The molecule has 26 heavy (non-hydrogen) atoms. The number of hydrogen-bond acceptors (Lipinski definition) is 5. The van der Waals surface area contributed by atoms with E-state index in [1.54, 1.807) is 6.07 Å². The van der Waals surface area contributed by atoms with Gasteiger partial charge in [0.1, 0.15) is 24.0 Å². The van der Waals surface area contributed by atoms with Crippen molar-refractivity contribution in [2.24, 2.45) is 0 Å². The molecule has 7 heteroatoms. The average Bonchev–Trinajstić information content (AvgIpc) is 3.04. The molecule has 0 atom stereocenters. The molecule has 134 valence electrons. The van der Waals surface area contributed by atoms with Crippen molar-refractivity contribution in [2.45, 2.75) is 20.0 Å². The van der Waals surface area contributed by atoms with Crippen LogP contribution in [0.1, 0.15) is 32.2 Å². The van der Waals surface area contributed by atoms with Crippen LogP contribution in [0.5, 0.6) is 5.75 Å². The number of carbonyl (C=O) groups is 1. The summed E-state index contributed by atoms with van der Waals surface area (Å²) in [6.45, 7) is 1.87. The van der Waals surface area contributed by atoms with E-state index in [0.717, 1.165) is 17.2 Å². The number of carbonyl (C=O) groups excluding carboxylic acids is 1. The highest BCUT2D eigenvalue weighted by atomic mass is 32.1. The zero-order chi connectivity index (χ0) is 18.7. The zero-order valence-corrected chi connectivity index (χ0v) is 14.6. The molecule has 2 aromatic carbocycles. The second-order valence-electron chi connectivity index (χ2n) is 5.73. The van der Waals surface area contributed by atoms with E-state index in [9.17, 15) is 18.7 Å². The Morgan fingerprint density at radius 1 is 1.19 bits per heavy atom. The minimum Gasteiger partial charge on any atom is -0.543 e. The fourth-order valence-corrected chi connectivity index (χ4v) is 3.22. The number of aromatic carboxylic acids is 1. The Balaban J connectivity index is 1.79. The maximum absolute atomic E-state index is 13.8. The molecule has 0 saturated carbocycles. The number of rotatable bonds is 6. The molecule has 0 amide bonds. The summed E-state index contributed by atoms with van der Waals surface area (Å²) in [5, 5.41) is 12.9. The first kappa shape index (κ1) is 18.0. The molecule has 3 aromatic rings. The predicted octanol–water partition coefficient (Wildman–Crippen LogP) is 3.26. The second-order valence-corrected chi connectivity index (χ2v) is 6.67. The first-order chi connectivity index (χ1) is 12.4. The van der Waals surface area contributed by atoms with Crippen molar-refractivity contribution in [3.63, 3.8) is 0 Å². The molecular weight excluding hydrogens is 360 g/mol. The molecule has 0 bridgehead atoms. The van der Waals surface area contributed by atoms with Gasteiger partial charge in [0.25, 0.3) is 0 Å². The van der Waals surface area contributed by atoms with E-state index in [0.29, 0.717) is 17.2 Å². The van der Waals surface area contributed by atoms with Gasteiger partial charge in [-0.3, -0.25) is 0 Å². The standard InChI is InChI=1S/C19H15F2NO3S/c1-11-2-5-17(25-9-12-3-4-14(20)8-15(12)21)13(6-11)7-18-22-16(10-26-18)19(23)24/h2-6,8,10H,7,9H2,1H3,(H,23,24)/p-1. The van der Waals surface area contributed by atoms with E-state index in [2.05, 4.69) is 4.98 Å². The van der Waals surface area contributed by atoms with Crippen molar-refractivity contribution in [2.75, 3.05) is 0 Å². The topological polar surface area (TPSA) is 62.2 Å². The van der Waals surface area contributed by atoms with Gasteiger partial charge in [0.05, 0.1) is 16.7 Å². The fourth-order valence-electron chi connectivity index (χ4n) is 2.43. The predicted molar refractivity (Wildman–Crippen MR) is 91.1 cm³/mol. The maximum atomic E-state index is 13.8. The van der Waals surface area contributed by atoms with E-state index in [1.165, 1.54) is 28.8 Å². The zero-order valence-electron chi connectivity index (χ0n) is 13.8. The van der Waals surface area contributed by atoms with E-state index in [4.69, 9.17) is 4.74 Å². The molecular formula is C19H14F2NO3S-. The Hall–Kier alpha value is -2.80. The minimum atomic E-state index is -1.32. The summed E-state index contributed by atoms with van der Waals surface area (Å²) >= 11 is 1.22. The number of ether oxygens (including phenoxy) is 1. The van der Waals surface area contributed by atoms with Gasteiger partial charge in [0.15, 0.2) is 0 Å². The number of aromatic nitrogens is 1. The van der Waals surface area contributed by atoms with Gasteiger partial charge in [0.2, 0.25) is 0 Å². The lowest BCUT2D eigenvalue weighted by atomic mass is 10.1. The number of benzene rings is 2. The number of carboxylic acids is 1. The minimum absolute atomic E-state index is 0.0513. The highest BCUT2D eigenvalue weighted by Gasteiger charge is 2.11. The summed E-state index contributed by atoms with van der Waals surface area (Å²) in [6.07, 6.45) is 0.376. The van der Waals surface area contributed by atoms with Gasteiger partial charge < -0.3 is 14.6 Å². The molecule has 0 unspecified atom stereocenters. The molecule has 0 aliphatic rings. The van der Waals surface area contributed by atoms with Gasteiger partial charge in [-0.2, -0.15) is 0 Å². The highest BCUT2D eigenvalue weighted by Crippen LogP contribution is 2.26. The van der Waals surface area contributed by atoms with Gasteiger partial charge in [-0.15, -0.1) is 11.3 Å². The van der Waals surface area contributed by atoms with Gasteiger partial charge in [-0.1, -0.05) is 17.7 Å². The molecule has 0 N–H and O–H groups in total. The number of aryl methyl sites for hydroxylation is 1. The van der Waals surface area contributed by atoms with Crippen molar-refractivity contribution in [1.29, 1.82) is 0 Å². The second kappa shape index (κ2) is 7.61. The average molecular weight is 374 g/mol. The molecule has 3 rings (SSSR count). The molecule has 0 spiro atoms. The van der Waals surface area contributed by atoms with Crippen LogP contribution >= 0.6 is 11.3 Å². The summed E-state index contributed by atoms with van der Waals surface area (Å²) in [7, 11) is 0. The lowest BCUT2D eigenvalue weighted by Gasteiger charge is -2.12. The van der Waals surface area contributed by atoms with Crippen LogP contribution in [0.2, 0.25) is 0 Å². The Kier molecular flexibility index (Phi) is 5.27. The molecule has 0 fully saturated rings. The number of hydrogen-bond donors (Lipinski definition) is 0. The largest absolute Gasteiger partial charge is 0.543 e. The third-order valence-corrected chi connectivity index (χ3v) is 4.57. The maximum Gasteiger partial charge on any atom is 0.132 e. The monoisotopic (exact) mass is 374 g/mol. The van der Waals surface area contributed by atoms with Crippen LogP contribution in [0.4, 0.5) is 8.78 Å². The van der Waals surface area contributed by atoms with Crippen molar-refractivity contribution < 1.29 is 23.4 Å². The summed E-state index contributed by atoms with van der Waals surface area (Å²) in [4.78, 5) is 14.9. The number of thiazole rings is 1. The lowest BCUT2D eigenvalue weighted by molar-refractivity contribution is -0.255. The molecule has 0 aliphatic heterocycles. The number of nitrogens with zero attached hydrogens (tertiary/aromatic N) is 1. The Morgan fingerprint density at radius 2 is 2.00 bits per heavy atom. The van der Waals surface area contributed by atoms with Gasteiger partial charge in [-0.05, 0) is 25.1 Å². The van der Waals surface area contributed by atoms with Crippen LogP contribution in [0.3, 0.4) is 0 Å². The molecule has 0 aliphatic carbocycles. The van der Waals surface area contributed by atoms with Crippen LogP contribution in [0.25, 0.3) is 0 Å². The SMILES string of the molecule is Cc1ccc(OCc2ccc(F)cc2F)c(Cc2nc(C(=O)[O-])cs2)c1. The van der Waals surface area contributed by atoms with Gasteiger partial charge in [0, 0.05) is 29.0 Å². The fraction of sp³-hybridized carbons (Fsp3) is 0.158. The molecule has 1 heterocycles. The third kappa shape index (κ3) is 4.23. The number of halogens is 2. The van der Waals surface area contributed by atoms with E-state index in [-0.39, 0.29) is 17.9 Å². The quantitative estimate of drug-likeness (QED) is 0.664. The summed E-state index contributed by atoms with van der Waals surface area (Å²) in [5.74, 6) is -2.10. The van der Waals surface area contributed by atoms with Crippen molar-refractivity contribution >= 4 is 17.3 Å². The summed E-state index contributed by atoms with van der Waals surface area (Å²) < 4.78 is 32.5. The van der Waals surface area contributed by atoms with E-state index < -0.39 is 17.6 Å². The van der Waals surface area contributed by atoms with Crippen molar-refractivity contribution in [1.82, 2.24) is 4.98 Å². The van der Waals surface area contributed by atoms with E-state index >= 15 is 0 Å². The van der Waals surface area contributed by atoms with Gasteiger partial charge >= 0.3 is 0 Å². The summed E-state index contributed by atoms with van der Waals surface area (Å²) in [5.41, 5.74) is 1.93. The van der Waals surface area contributed by atoms with Crippen LogP contribution in [-0.2, 0) is 13.0 Å². The molecule has 1 aromatic heterocycles. The Morgan fingerprint density at radius 3 is 2.69 bits per heavy atom. The molecule has 4 nitrogen and oxygen atoms in total. The van der Waals surface area contributed by atoms with Crippen LogP contribution in [-0.4, -0.2) is 11.0 Å². The van der Waals surface area contributed by atoms with E-state index in [1.807, 2.05) is 19.1 Å². The smallest absolute Gasteiger partial charge is 0.132 e. The molecule has 0 radical (unpaired) electrons. The Labute approximate surface area is 152 Å². The lowest BCUT2D eigenvalue weighted by Crippen LogP contribution is -2.22. The van der Waals surface area contributed by atoms with Crippen LogP contribution < -0.4 is 9.84 Å². The number of carboxylic acid groups (broad SMARTS) is 1.